The molecule has 0 aliphatic carbocycles. The minimum absolute atomic E-state index is 0.121. The first kappa shape index (κ1) is 16.7. The molecule has 0 saturated carbocycles. The van der Waals surface area contributed by atoms with Crippen molar-refractivity contribution < 1.29 is 8.42 Å². The Labute approximate surface area is 132 Å². The average molecular weight is 331 g/mol. The number of sulfonamides is 1. The van der Waals surface area contributed by atoms with Crippen molar-refractivity contribution >= 4 is 21.6 Å². The van der Waals surface area contributed by atoms with Crippen LogP contribution in [0.1, 0.15) is 38.7 Å². The number of nitrogens with one attached hydrogen (secondary N) is 1. The fourth-order valence-corrected chi connectivity index (χ4v) is 4.87. The molecule has 0 bridgehead atoms. The van der Waals surface area contributed by atoms with Gasteiger partial charge in [-0.3, -0.25) is 0 Å². The lowest BCUT2D eigenvalue weighted by atomic mass is 10.2. The molecule has 1 aliphatic rings. The van der Waals surface area contributed by atoms with E-state index < -0.39 is 10.0 Å². The van der Waals surface area contributed by atoms with E-state index in [0.717, 1.165) is 31.4 Å². The molecular formula is C15H23ClN2O2S. The molecule has 0 radical (unpaired) electrons. The number of hydrogen-bond donors (Lipinski definition) is 1. The molecule has 1 heterocycles. The fourth-order valence-electron chi connectivity index (χ4n) is 2.76. The molecule has 6 heteroatoms. The zero-order valence-electron chi connectivity index (χ0n) is 12.6. The van der Waals surface area contributed by atoms with Crippen LogP contribution in [-0.4, -0.2) is 31.9 Å². The smallest absolute Gasteiger partial charge is 0.243 e. The van der Waals surface area contributed by atoms with E-state index in [4.69, 9.17) is 11.6 Å². The van der Waals surface area contributed by atoms with Gasteiger partial charge in [-0.15, -0.1) is 0 Å². The molecule has 0 spiro atoms. The van der Waals surface area contributed by atoms with E-state index in [1.165, 1.54) is 0 Å². The molecule has 1 unspecified atom stereocenters. The monoisotopic (exact) mass is 330 g/mol. The van der Waals surface area contributed by atoms with Crippen LogP contribution >= 0.6 is 11.6 Å². The summed E-state index contributed by atoms with van der Waals surface area (Å²) < 4.78 is 27.1. The second kappa shape index (κ2) is 7.09. The Morgan fingerprint density at radius 3 is 2.76 bits per heavy atom. The molecule has 1 aliphatic heterocycles. The minimum atomic E-state index is -3.43. The van der Waals surface area contributed by atoms with Crippen molar-refractivity contribution in [2.45, 2.75) is 50.6 Å². The van der Waals surface area contributed by atoms with Crippen molar-refractivity contribution in [2.24, 2.45) is 0 Å². The van der Waals surface area contributed by atoms with E-state index in [9.17, 15) is 8.42 Å². The SMILES string of the molecule is CCNCc1ccc(S(=O)(=O)N2CCCC2CC)cc1Cl. The third-order valence-corrected chi connectivity index (χ3v) is 6.29. The highest BCUT2D eigenvalue weighted by molar-refractivity contribution is 7.89. The van der Waals surface area contributed by atoms with Gasteiger partial charge in [0.25, 0.3) is 0 Å². The quantitative estimate of drug-likeness (QED) is 0.872. The Bertz CT molecular complexity index is 589. The van der Waals surface area contributed by atoms with E-state index in [1.807, 2.05) is 13.8 Å². The van der Waals surface area contributed by atoms with Crippen LogP contribution in [0.15, 0.2) is 23.1 Å². The number of hydrogen-bond acceptors (Lipinski definition) is 3. The highest BCUT2D eigenvalue weighted by Gasteiger charge is 2.34. The topological polar surface area (TPSA) is 49.4 Å². The van der Waals surface area contributed by atoms with Gasteiger partial charge in [0.15, 0.2) is 0 Å². The van der Waals surface area contributed by atoms with Gasteiger partial charge in [-0.25, -0.2) is 8.42 Å². The second-order valence-corrected chi connectivity index (χ2v) is 7.65. The molecule has 118 valence electrons. The third kappa shape index (κ3) is 3.59. The highest BCUT2D eigenvalue weighted by Crippen LogP contribution is 2.29. The molecule has 1 N–H and O–H groups in total. The van der Waals surface area contributed by atoms with Crippen LogP contribution in [0.25, 0.3) is 0 Å². The maximum absolute atomic E-state index is 12.7. The van der Waals surface area contributed by atoms with Gasteiger partial charge in [-0.1, -0.05) is 31.5 Å². The van der Waals surface area contributed by atoms with Gasteiger partial charge in [0.05, 0.1) is 4.90 Å². The van der Waals surface area contributed by atoms with Crippen LogP contribution in [0.3, 0.4) is 0 Å². The highest BCUT2D eigenvalue weighted by atomic mass is 35.5. The molecule has 0 amide bonds. The summed E-state index contributed by atoms with van der Waals surface area (Å²) in [6, 6.07) is 5.16. The molecular weight excluding hydrogens is 308 g/mol. The molecule has 1 fully saturated rings. The largest absolute Gasteiger partial charge is 0.313 e. The van der Waals surface area contributed by atoms with Gasteiger partial charge in [0.1, 0.15) is 0 Å². The summed E-state index contributed by atoms with van der Waals surface area (Å²) in [6.07, 6.45) is 2.73. The first-order valence-electron chi connectivity index (χ1n) is 7.51. The molecule has 1 saturated heterocycles. The van der Waals surface area contributed by atoms with E-state index in [2.05, 4.69) is 5.32 Å². The Hall–Kier alpha value is -0.620. The summed E-state index contributed by atoms with van der Waals surface area (Å²) in [7, 11) is -3.43. The maximum atomic E-state index is 12.7. The summed E-state index contributed by atoms with van der Waals surface area (Å²) in [5.74, 6) is 0. The van der Waals surface area contributed by atoms with Gasteiger partial charge in [0, 0.05) is 24.2 Å². The number of halogens is 1. The fraction of sp³-hybridized carbons (Fsp3) is 0.600. The van der Waals surface area contributed by atoms with E-state index in [1.54, 1.807) is 22.5 Å². The number of nitrogens with zero attached hydrogens (tertiary/aromatic N) is 1. The Morgan fingerprint density at radius 1 is 1.38 bits per heavy atom. The first-order valence-corrected chi connectivity index (χ1v) is 9.33. The lowest BCUT2D eigenvalue weighted by molar-refractivity contribution is 0.379. The second-order valence-electron chi connectivity index (χ2n) is 5.35. The van der Waals surface area contributed by atoms with Crippen molar-refractivity contribution in [1.82, 2.24) is 9.62 Å². The zero-order chi connectivity index (χ0) is 15.5. The summed E-state index contributed by atoms with van der Waals surface area (Å²) in [5, 5.41) is 3.69. The van der Waals surface area contributed by atoms with Crippen LogP contribution in [-0.2, 0) is 16.6 Å². The van der Waals surface area contributed by atoms with Gasteiger partial charge in [0.2, 0.25) is 10.0 Å². The van der Waals surface area contributed by atoms with Crippen LogP contribution in [0.4, 0.5) is 0 Å². The first-order chi connectivity index (χ1) is 10.0. The number of benzene rings is 1. The molecule has 1 aromatic carbocycles. The van der Waals surface area contributed by atoms with E-state index in [0.29, 0.717) is 23.0 Å². The maximum Gasteiger partial charge on any atom is 0.243 e. The molecule has 1 aromatic rings. The number of rotatable bonds is 6. The summed E-state index contributed by atoms with van der Waals surface area (Å²) in [4.78, 5) is 0.299. The Kier molecular flexibility index (Phi) is 5.66. The molecule has 2 rings (SSSR count). The lowest BCUT2D eigenvalue weighted by Crippen LogP contribution is -2.35. The van der Waals surface area contributed by atoms with Gasteiger partial charge < -0.3 is 5.32 Å². The predicted molar refractivity (Wildman–Crippen MR) is 86.0 cm³/mol. The van der Waals surface area contributed by atoms with Crippen LogP contribution in [0.2, 0.25) is 5.02 Å². The normalized spacial score (nSPS) is 20.0. The van der Waals surface area contributed by atoms with Crippen LogP contribution in [0, 0.1) is 0 Å². The summed E-state index contributed by atoms with van der Waals surface area (Å²) in [6.45, 7) is 6.16. The third-order valence-electron chi connectivity index (χ3n) is 3.99. The van der Waals surface area contributed by atoms with Crippen LogP contribution in [0.5, 0.6) is 0 Å². The van der Waals surface area contributed by atoms with Crippen molar-refractivity contribution in [1.29, 1.82) is 0 Å². The van der Waals surface area contributed by atoms with Crippen molar-refractivity contribution in [3.8, 4) is 0 Å². The Balaban J connectivity index is 2.26. The predicted octanol–water partition coefficient (Wildman–Crippen LogP) is 3.01. The zero-order valence-corrected chi connectivity index (χ0v) is 14.2. The Morgan fingerprint density at radius 2 is 2.14 bits per heavy atom. The van der Waals surface area contributed by atoms with E-state index in [-0.39, 0.29) is 6.04 Å². The van der Waals surface area contributed by atoms with Gasteiger partial charge >= 0.3 is 0 Å². The van der Waals surface area contributed by atoms with Crippen molar-refractivity contribution in [2.75, 3.05) is 13.1 Å². The minimum Gasteiger partial charge on any atom is -0.313 e. The standard InChI is InChI=1S/C15H23ClN2O2S/c1-3-13-6-5-9-18(13)21(19,20)14-8-7-12(11-17-4-2)15(16)10-14/h7-8,10,13,17H,3-6,9,11H2,1-2H3. The van der Waals surface area contributed by atoms with Gasteiger partial charge in [-0.05, 0) is 43.5 Å². The molecule has 0 aromatic heterocycles. The molecule has 4 nitrogen and oxygen atoms in total. The molecule has 21 heavy (non-hydrogen) atoms. The van der Waals surface area contributed by atoms with E-state index >= 15 is 0 Å². The lowest BCUT2D eigenvalue weighted by Gasteiger charge is -2.23. The summed E-state index contributed by atoms with van der Waals surface area (Å²) >= 11 is 6.23. The average Bonchev–Trinajstić information content (AvgIpc) is 2.95. The van der Waals surface area contributed by atoms with Crippen molar-refractivity contribution in [3.63, 3.8) is 0 Å². The molecule has 1 atom stereocenters. The summed E-state index contributed by atoms with van der Waals surface area (Å²) in [5.41, 5.74) is 0.922. The van der Waals surface area contributed by atoms with Gasteiger partial charge in [-0.2, -0.15) is 4.31 Å². The van der Waals surface area contributed by atoms with Crippen LogP contribution < -0.4 is 5.32 Å². The van der Waals surface area contributed by atoms with Crippen molar-refractivity contribution in [3.05, 3.63) is 28.8 Å².